The quantitative estimate of drug-likeness (QED) is 0.0664. The highest BCUT2D eigenvalue weighted by molar-refractivity contribution is 5.68. The number of carbonyl (C=O) groups is 1. The highest BCUT2D eigenvalue weighted by Gasteiger charge is 1.99. The zero-order valence-electron chi connectivity index (χ0n) is 21.4. The van der Waals surface area contributed by atoms with Gasteiger partial charge in [0.1, 0.15) is 0 Å². The van der Waals surface area contributed by atoms with E-state index in [4.69, 9.17) is 0 Å². The van der Waals surface area contributed by atoms with Gasteiger partial charge in [0.25, 0.3) is 0 Å². The lowest BCUT2D eigenvalue weighted by Gasteiger charge is -2.02. The van der Waals surface area contributed by atoms with Crippen molar-refractivity contribution in [2.24, 2.45) is 0 Å². The molecule has 0 spiro atoms. The number of allylic oxidation sites excluding steroid dienone is 11. The van der Waals surface area contributed by atoms with Crippen LogP contribution in [-0.2, 0) is 9.53 Å². The van der Waals surface area contributed by atoms with Crippen molar-refractivity contribution in [2.75, 3.05) is 7.11 Å². The first-order chi connectivity index (χ1) is 16.3. The Morgan fingerprint density at radius 2 is 1.06 bits per heavy atom. The van der Waals surface area contributed by atoms with E-state index in [1.54, 1.807) is 0 Å². The molecule has 0 amide bonds. The highest BCUT2D eigenvalue weighted by atomic mass is 16.5. The lowest BCUT2D eigenvalue weighted by molar-refractivity contribution is -0.140. The number of hydrogen-bond donors (Lipinski definition) is 0. The summed E-state index contributed by atoms with van der Waals surface area (Å²) in [5.74, 6) is -0.0758. The molecule has 0 N–H and O–H groups in total. The van der Waals surface area contributed by atoms with Crippen LogP contribution >= 0.6 is 0 Å². The van der Waals surface area contributed by atoms with E-state index in [2.05, 4.69) is 72.1 Å². The van der Waals surface area contributed by atoms with Gasteiger partial charge in [0.05, 0.1) is 7.11 Å². The first-order valence-electron chi connectivity index (χ1n) is 13.3. The Hall–Kier alpha value is -2.09. The van der Waals surface area contributed by atoms with Crippen LogP contribution in [0.1, 0.15) is 109 Å². The number of methoxy groups -OCH3 is 1. The topological polar surface area (TPSA) is 26.3 Å². The standard InChI is InChI=1S/C31H50O2/c1-3-4-5-6-7-8-9-10-11-12-13-14-15-16-17-18-19-20-21-22-23-24-25-26-27-28-29-30-31(32)33-2/h3,6-11,14-15,17-18H,1,4-5,12-13,16,19-30H2,2H3. The minimum absolute atomic E-state index is 0.0758. The van der Waals surface area contributed by atoms with Crippen LogP contribution in [0, 0.1) is 0 Å². The van der Waals surface area contributed by atoms with Crippen molar-refractivity contribution in [3.8, 4) is 0 Å². The van der Waals surface area contributed by atoms with Crippen molar-refractivity contribution in [1.82, 2.24) is 0 Å². The molecule has 0 rings (SSSR count). The molecule has 0 aromatic rings. The maximum atomic E-state index is 11.0. The van der Waals surface area contributed by atoms with Crippen LogP contribution in [0.25, 0.3) is 0 Å². The molecule has 186 valence electrons. The lowest BCUT2D eigenvalue weighted by Crippen LogP contribution is -1.99. The zero-order valence-corrected chi connectivity index (χ0v) is 21.4. The predicted octanol–water partition coefficient (Wildman–Crippen LogP) is 9.76. The Morgan fingerprint density at radius 3 is 1.64 bits per heavy atom. The Bertz CT molecular complexity index is 578. The van der Waals surface area contributed by atoms with Crippen LogP contribution in [0.5, 0.6) is 0 Å². The SMILES string of the molecule is C=CCCC=CC=CC=CCCC=CCC=CCCCCCCCCCCCCC(=O)OC. The third-order valence-corrected chi connectivity index (χ3v) is 5.48. The second kappa shape index (κ2) is 27.9. The summed E-state index contributed by atoms with van der Waals surface area (Å²) >= 11 is 0. The second-order valence-corrected chi connectivity index (χ2v) is 8.51. The van der Waals surface area contributed by atoms with Crippen LogP contribution in [0.15, 0.2) is 73.4 Å². The number of hydrogen-bond acceptors (Lipinski definition) is 2. The Morgan fingerprint density at radius 1 is 0.576 bits per heavy atom. The molecule has 0 aliphatic heterocycles. The maximum absolute atomic E-state index is 11.0. The van der Waals surface area contributed by atoms with Gasteiger partial charge in [0.15, 0.2) is 0 Å². The molecular formula is C31H50O2. The number of ether oxygens (including phenoxy) is 1. The van der Waals surface area contributed by atoms with Crippen molar-refractivity contribution in [3.63, 3.8) is 0 Å². The number of rotatable bonds is 23. The van der Waals surface area contributed by atoms with Gasteiger partial charge in [0.2, 0.25) is 0 Å². The van der Waals surface area contributed by atoms with E-state index >= 15 is 0 Å². The molecule has 0 saturated carbocycles. The van der Waals surface area contributed by atoms with Gasteiger partial charge in [-0.05, 0) is 51.4 Å². The number of unbranched alkanes of at least 4 members (excludes halogenated alkanes) is 12. The first kappa shape index (κ1) is 30.9. The number of carbonyl (C=O) groups excluding carboxylic acids is 1. The van der Waals surface area contributed by atoms with Crippen molar-refractivity contribution < 1.29 is 9.53 Å². The zero-order chi connectivity index (χ0) is 24.1. The molecular weight excluding hydrogens is 404 g/mol. The van der Waals surface area contributed by atoms with Crippen LogP contribution in [0.3, 0.4) is 0 Å². The van der Waals surface area contributed by atoms with Gasteiger partial charge in [-0.25, -0.2) is 0 Å². The molecule has 0 aromatic carbocycles. The summed E-state index contributed by atoms with van der Waals surface area (Å²) in [5, 5.41) is 0. The Balaban J connectivity index is 3.33. The molecule has 0 radical (unpaired) electrons. The van der Waals surface area contributed by atoms with Gasteiger partial charge in [-0.15, -0.1) is 6.58 Å². The van der Waals surface area contributed by atoms with Crippen molar-refractivity contribution in [3.05, 3.63) is 73.4 Å². The summed E-state index contributed by atoms with van der Waals surface area (Å²) < 4.78 is 4.66. The molecule has 33 heavy (non-hydrogen) atoms. The van der Waals surface area contributed by atoms with Crippen molar-refractivity contribution >= 4 is 5.97 Å². The first-order valence-corrected chi connectivity index (χ1v) is 13.3. The minimum atomic E-state index is -0.0758. The molecule has 0 unspecified atom stereocenters. The normalized spacial score (nSPS) is 12.3. The molecule has 0 atom stereocenters. The second-order valence-electron chi connectivity index (χ2n) is 8.51. The van der Waals surface area contributed by atoms with Crippen LogP contribution in [-0.4, -0.2) is 13.1 Å². The molecule has 0 aliphatic carbocycles. The average Bonchev–Trinajstić information content (AvgIpc) is 2.83. The molecule has 2 nitrogen and oxygen atoms in total. The van der Waals surface area contributed by atoms with Crippen molar-refractivity contribution in [2.45, 2.75) is 109 Å². The van der Waals surface area contributed by atoms with Gasteiger partial charge in [-0.3, -0.25) is 4.79 Å². The van der Waals surface area contributed by atoms with E-state index in [9.17, 15) is 4.79 Å². The Labute approximate surface area is 205 Å². The van der Waals surface area contributed by atoms with Crippen LogP contribution < -0.4 is 0 Å². The van der Waals surface area contributed by atoms with Gasteiger partial charge >= 0.3 is 5.97 Å². The fraction of sp³-hybridized carbons (Fsp3) is 0.581. The summed E-state index contributed by atoms with van der Waals surface area (Å²) in [5.41, 5.74) is 0. The third-order valence-electron chi connectivity index (χ3n) is 5.48. The predicted molar refractivity (Wildman–Crippen MR) is 146 cm³/mol. The highest BCUT2D eigenvalue weighted by Crippen LogP contribution is 2.12. The summed E-state index contributed by atoms with van der Waals surface area (Å²) in [4.78, 5) is 11.0. The van der Waals surface area contributed by atoms with E-state index in [1.807, 2.05) is 6.08 Å². The van der Waals surface area contributed by atoms with Gasteiger partial charge in [-0.2, -0.15) is 0 Å². The van der Waals surface area contributed by atoms with E-state index in [1.165, 1.54) is 64.9 Å². The largest absolute Gasteiger partial charge is 0.469 e. The minimum Gasteiger partial charge on any atom is -0.469 e. The fourth-order valence-corrected chi connectivity index (χ4v) is 3.44. The molecule has 0 aliphatic rings. The van der Waals surface area contributed by atoms with E-state index < -0.39 is 0 Å². The van der Waals surface area contributed by atoms with Crippen LogP contribution in [0.2, 0.25) is 0 Å². The van der Waals surface area contributed by atoms with Crippen LogP contribution in [0.4, 0.5) is 0 Å². The lowest BCUT2D eigenvalue weighted by atomic mass is 10.1. The fourth-order valence-electron chi connectivity index (χ4n) is 3.44. The summed E-state index contributed by atoms with van der Waals surface area (Å²) in [6.07, 6.45) is 43.9. The monoisotopic (exact) mass is 454 g/mol. The Kier molecular flexibility index (Phi) is 26.2. The van der Waals surface area contributed by atoms with Gasteiger partial charge < -0.3 is 4.74 Å². The summed E-state index contributed by atoms with van der Waals surface area (Å²) in [7, 11) is 1.46. The molecule has 0 saturated heterocycles. The van der Waals surface area contributed by atoms with Gasteiger partial charge in [0, 0.05) is 6.42 Å². The smallest absolute Gasteiger partial charge is 0.305 e. The summed E-state index contributed by atoms with van der Waals surface area (Å²) in [6, 6.07) is 0. The van der Waals surface area contributed by atoms with Gasteiger partial charge in [-0.1, -0.05) is 118 Å². The number of esters is 1. The molecule has 0 heterocycles. The average molecular weight is 455 g/mol. The molecule has 0 fully saturated rings. The third kappa shape index (κ3) is 27.9. The summed E-state index contributed by atoms with van der Waals surface area (Å²) in [6.45, 7) is 3.72. The van der Waals surface area contributed by atoms with Crippen molar-refractivity contribution in [1.29, 1.82) is 0 Å². The van der Waals surface area contributed by atoms with E-state index in [0.29, 0.717) is 6.42 Å². The van der Waals surface area contributed by atoms with E-state index in [0.717, 1.165) is 44.9 Å². The van der Waals surface area contributed by atoms with E-state index in [-0.39, 0.29) is 5.97 Å². The molecule has 0 aromatic heterocycles. The maximum Gasteiger partial charge on any atom is 0.305 e. The molecule has 0 bridgehead atoms. The molecule has 2 heteroatoms.